The van der Waals surface area contributed by atoms with E-state index in [9.17, 15) is 19.6 Å². The van der Waals surface area contributed by atoms with Crippen molar-refractivity contribution in [1.82, 2.24) is 30.8 Å². The van der Waals surface area contributed by atoms with Gasteiger partial charge in [-0.3, -0.25) is 14.4 Å². The second kappa shape index (κ2) is 10.8. The number of nitrogens with one attached hydrogen (secondary N) is 2. The van der Waals surface area contributed by atoms with Gasteiger partial charge in [0.1, 0.15) is 6.04 Å². The van der Waals surface area contributed by atoms with Gasteiger partial charge in [-0.2, -0.15) is 10.5 Å². The molecule has 228 valence electrons. The van der Waals surface area contributed by atoms with Crippen molar-refractivity contribution >= 4 is 17.7 Å². The normalized spacial score (nSPS) is 22.1. The topological polar surface area (TPSA) is 197 Å². The van der Waals surface area contributed by atoms with Crippen molar-refractivity contribution in [2.24, 2.45) is 22.8 Å². The number of tetrazole rings is 1. The fraction of sp³-hybridized carbons (Fsp3) is 0.469. The standard InChI is InChI=1S/C32H37N9O3/c1-31(2,3)26(36-16-27(42)41-22(15-33)12-21-13-25(21)41)14-32(30-37-39-40-38-30)23-8-6-19(28(34)43)10-17(23)4-5-18-11-20(29(35)44)7-9-24(18)32/h6-11,21-22,25-26,36H,4-5,12-14,16H2,1-3H3,(H2,34,43)(H2,35,44)(H,37,38,39,40)/t21-,22+,25+,26-/m1/s1. The molecule has 2 heterocycles. The van der Waals surface area contributed by atoms with E-state index < -0.39 is 17.2 Å². The Labute approximate surface area is 255 Å². The lowest BCUT2D eigenvalue weighted by Gasteiger charge is -2.41. The Hall–Kier alpha value is -4.63. The van der Waals surface area contributed by atoms with Crippen molar-refractivity contribution in [1.29, 1.82) is 5.26 Å². The van der Waals surface area contributed by atoms with Gasteiger partial charge < -0.3 is 21.7 Å². The Balaban J connectivity index is 1.47. The molecule has 0 unspecified atom stereocenters. The van der Waals surface area contributed by atoms with Crippen molar-refractivity contribution in [3.63, 3.8) is 0 Å². The second-order valence-corrected chi connectivity index (χ2v) is 13.4. The molecular weight excluding hydrogens is 558 g/mol. The number of piperidine rings is 1. The van der Waals surface area contributed by atoms with Crippen molar-refractivity contribution < 1.29 is 14.4 Å². The molecule has 3 aromatic rings. The van der Waals surface area contributed by atoms with Gasteiger partial charge in [-0.1, -0.05) is 38.1 Å². The fourth-order valence-corrected chi connectivity index (χ4v) is 7.27. The first-order valence-electron chi connectivity index (χ1n) is 15.0. The summed E-state index contributed by atoms with van der Waals surface area (Å²) in [6, 6.07) is 12.7. The zero-order valence-corrected chi connectivity index (χ0v) is 25.1. The first kappa shape index (κ1) is 29.4. The van der Waals surface area contributed by atoms with Gasteiger partial charge in [0, 0.05) is 23.2 Å². The van der Waals surface area contributed by atoms with Crippen molar-refractivity contribution in [3.8, 4) is 6.07 Å². The van der Waals surface area contributed by atoms with Gasteiger partial charge in [-0.15, -0.1) is 10.2 Å². The predicted molar refractivity (Wildman–Crippen MR) is 160 cm³/mol. The SMILES string of the molecule is CC(C)(C)[C@@H](CC1(c2nn[nH]n2)c2ccc(C(N)=O)cc2CCc2cc(C(N)=O)ccc21)NCC(=O)N1[C@H](C#N)C[C@@H]2C[C@@H]21. The van der Waals surface area contributed by atoms with E-state index in [1.165, 1.54) is 0 Å². The van der Waals surface area contributed by atoms with Crippen LogP contribution in [0.15, 0.2) is 36.4 Å². The number of carbonyl (C=O) groups excluding carboxylic acids is 3. The Morgan fingerprint density at radius 1 is 1.07 bits per heavy atom. The van der Waals surface area contributed by atoms with E-state index in [1.807, 2.05) is 24.3 Å². The highest BCUT2D eigenvalue weighted by Crippen LogP contribution is 2.49. The molecule has 0 bridgehead atoms. The average Bonchev–Trinajstić information content (AvgIpc) is 3.37. The van der Waals surface area contributed by atoms with Crippen molar-refractivity contribution in [2.45, 2.75) is 76.4 Å². The number of amides is 3. The summed E-state index contributed by atoms with van der Waals surface area (Å²) in [7, 11) is 0. The molecule has 0 spiro atoms. The minimum Gasteiger partial charge on any atom is -0.366 e. The molecule has 3 amide bonds. The van der Waals surface area contributed by atoms with Gasteiger partial charge in [0.2, 0.25) is 17.7 Å². The number of primary amides is 2. The van der Waals surface area contributed by atoms with Crippen LogP contribution in [0.2, 0.25) is 0 Å². The first-order chi connectivity index (χ1) is 20.9. The Bertz CT molecular complexity index is 1610. The van der Waals surface area contributed by atoms with Crippen LogP contribution in [0.1, 0.15) is 88.8 Å². The van der Waals surface area contributed by atoms with Crippen LogP contribution in [0.5, 0.6) is 0 Å². The summed E-state index contributed by atoms with van der Waals surface area (Å²) in [5.41, 5.74) is 14.4. The van der Waals surface area contributed by atoms with Crippen LogP contribution in [0.3, 0.4) is 0 Å². The molecule has 2 fully saturated rings. The zero-order chi connectivity index (χ0) is 31.4. The Morgan fingerprint density at radius 3 is 2.18 bits per heavy atom. The highest BCUT2D eigenvalue weighted by atomic mass is 16.2. The maximum absolute atomic E-state index is 13.5. The molecule has 6 N–H and O–H groups in total. The van der Waals surface area contributed by atoms with Crippen LogP contribution in [0.25, 0.3) is 0 Å². The summed E-state index contributed by atoms with van der Waals surface area (Å²) < 4.78 is 0. The molecule has 12 nitrogen and oxygen atoms in total. The molecule has 1 saturated heterocycles. The molecule has 44 heavy (non-hydrogen) atoms. The van der Waals surface area contributed by atoms with Crippen LogP contribution in [0.4, 0.5) is 0 Å². The fourth-order valence-electron chi connectivity index (χ4n) is 7.27. The van der Waals surface area contributed by atoms with E-state index in [4.69, 9.17) is 11.5 Å². The number of aromatic amines is 1. The number of nitrogens with zero attached hydrogens (tertiary/aromatic N) is 5. The van der Waals surface area contributed by atoms with Crippen molar-refractivity contribution in [2.75, 3.05) is 6.54 Å². The highest BCUT2D eigenvalue weighted by molar-refractivity contribution is 5.94. The number of aryl methyl sites for hydroxylation is 2. The second-order valence-electron chi connectivity index (χ2n) is 13.4. The Morgan fingerprint density at radius 2 is 1.68 bits per heavy atom. The summed E-state index contributed by atoms with van der Waals surface area (Å²) in [5.74, 6) is -0.285. The number of hydrogen-bond acceptors (Lipinski definition) is 8. The number of fused-ring (bicyclic) bond motifs is 3. The zero-order valence-electron chi connectivity index (χ0n) is 25.1. The third-order valence-electron chi connectivity index (χ3n) is 9.69. The smallest absolute Gasteiger partial charge is 0.248 e. The third-order valence-corrected chi connectivity index (χ3v) is 9.69. The number of H-pyrrole nitrogens is 1. The van der Waals surface area contributed by atoms with Gasteiger partial charge in [0.25, 0.3) is 0 Å². The third kappa shape index (κ3) is 5.01. The number of aromatic nitrogens is 4. The lowest BCUT2D eigenvalue weighted by atomic mass is 9.65. The van der Waals surface area contributed by atoms with Crippen LogP contribution < -0.4 is 16.8 Å². The molecule has 2 aromatic carbocycles. The number of likely N-dealkylation sites (tertiary alicyclic amines) is 1. The van der Waals surface area contributed by atoms with E-state index in [-0.39, 0.29) is 36.0 Å². The van der Waals surface area contributed by atoms with E-state index in [1.54, 1.807) is 17.0 Å². The van der Waals surface area contributed by atoms with Gasteiger partial charge in [-0.05, 0) is 90.0 Å². The summed E-state index contributed by atoms with van der Waals surface area (Å²) in [6.07, 6.45) is 3.27. The maximum atomic E-state index is 13.5. The van der Waals surface area contributed by atoms with Crippen LogP contribution in [-0.2, 0) is 23.1 Å². The average molecular weight is 596 g/mol. The van der Waals surface area contributed by atoms with E-state index in [2.05, 4.69) is 52.8 Å². The Kier molecular flexibility index (Phi) is 7.24. The van der Waals surface area contributed by atoms with Crippen molar-refractivity contribution in [3.05, 3.63) is 75.6 Å². The minimum absolute atomic E-state index is 0.0760. The van der Waals surface area contributed by atoms with Crippen LogP contribution in [0, 0.1) is 22.7 Å². The van der Waals surface area contributed by atoms with E-state index in [0.29, 0.717) is 42.1 Å². The van der Waals surface area contributed by atoms with E-state index >= 15 is 0 Å². The summed E-state index contributed by atoms with van der Waals surface area (Å²) in [4.78, 5) is 39.7. The molecule has 3 aliphatic rings. The van der Waals surface area contributed by atoms with Crippen LogP contribution >= 0.6 is 0 Å². The number of carbonyl (C=O) groups is 3. The largest absolute Gasteiger partial charge is 0.366 e. The van der Waals surface area contributed by atoms with Gasteiger partial charge in [-0.25, -0.2) is 0 Å². The number of nitriles is 1. The number of nitrogens with two attached hydrogens (primary N) is 2. The highest BCUT2D eigenvalue weighted by Gasteiger charge is 2.54. The maximum Gasteiger partial charge on any atom is 0.248 e. The molecule has 12 heteroatoms. The predicted octanol–water partition coefficient (Wildman–Crippen LogP) is 1.74. The summed E-state index contributed by atoms with van der Waals surface area (Å²) in [6.45, 7) is 6.39. The molecule has 1 aromatic heterocycles. The number of hydrogen-bond donors (Lipinski definition) is 4. The monoisotopic (exact) mass is 595 g/mol. The lowest BCUT2D eigenvalue weighted by molar-refractivity contribution is -0.131. The van der Waals surface area contributed by atoms with E-state index in [0.717, 1.165) is 35.1 Å². The number of benzene rings is 2. The van der Waals surface area contributed by atoms with Gasteiger partial charge >= 0.3 is 0 Å². The summed E-state index contributed by atoms with van der Waals surface area (Å²) >= 11 is 0. The minimum atomic E-state index is -0.987. The lowest BCUT2D eigenvalue weighted by Crippen LogP contribution is -2.51. The molecular formula is C32H37N9O3. The molecule has 1 aliphatic heterocycles. The molecule has 2 aliphatic carbocycles. The summed E-state index contributed by atoms with van der Waals surface area (Å²) in [5, 5.41) is 28.8. The molecule has 0 radical (unpaired) electrons. The molecule has 6 rings (SSSR count). The molecule has 4 atom stereocenters. The van der Waals surface area contributed by atoms with Crippen LogP contribution in [-0.4, -0.2) is 67.9 Å². The molecule has 1 saturated carbocycles. The first-order valence-corrected chi connectivity index (χ1v) is 15.0. The quantitative estimate of drug-likeness (QED) is 0.302. The number of rotatable bonds is 8. The van der Waals surface area contributed by atoms with Gasteiger partial charge in [0.05, 0.1) is 18.0 Å². The van der Waals surface area contributed by atoms with Gasteiger partial charge in [0.15, 0.2) is 5.82 Å².